The van der Waals surface area contributed by atoms with Crippen LogP contribution in [0.5, 0.6) is 0 Å². The van der Waals surface area contributed by atoms with E-state index < -0.39 is 17.7 Å². The summed E-state index contributed by atoms with van der Waals surface area (Å²) in [6.07, 6.45) is 0.492. The molecule has 2 aromatic rings. The van der Waals surface area contributed by atoms with Crippen LogP contribution >= 0.6 is 11.6 Å². The van der Waals surface area contributed by atoms with Gasteiger partial charge < -0.3 is 5.32 Å². The Hall–Kier alpha value is -1.45. The van der Waals surface area contributed by atoms with Gasteiger partial charge in [0.1, 0.15) is 11.6 Å². The van der Waals surface area contributed by atoms with E-state index in [1.165, 1.54) is 18.2 Å². The van der Waals surface area contributed by atoms with Gasteiger partial charge in [-0.1, -0.05) is 29.8 Å². The molecule has 1 unspecified atom stereocenters. The van der Waals surface area contributed by atoms with Crippen LogP contribution in [-0.4, -0.2) is 7.05 Å². The summed E-state index contributed by atoms with van der Waals surface area (Å²) >= 11 is 5.81. The molecule has 0 saturated heterocycles. The van der Waals surface area contributed by atoms with Crippen molar-refractivity contribution in [2.45, 2.75) is 12.5 Å². The highest BCUT2D eigenvalue weighted by Gasteiger charge is 2.18. The van der Waals surface area contributed by atoms with Gasteiger partial charge in [0, 0.05) is 16.6 Å². The van der Waals surface area contributed by atoms with E-state index in [0.717, 1.165) is 5.56 Å². The highest BCUT2D eigenvalue weighted by atomic mass is 35.5. The number of hydrogen-bond donors (Lipinski definition) is 1. The highest BCUT2D eigenvalue weighted by Crippen LogP contribution is 2.24. The molecule has 0 spiro atoms. The van der Waals surface area contributed by atoms with Crippen LogP contribution in [-0.2, 0) is 6.42 Å². The Labute approximate surface area is 116 Å². The lowest BCUT2D eigenvalue weighted by Crippen LogP contribution is -2.21. The first-order chi connectivity index (χ1) is 9.11. The number of halogens is 3. The first-order valence-electron chi connectivity index (χ1n) is 5.97. The summed E-state index contributed by atoms with van der Waals surface area (Å²) in [5.74, 6) is -1.07. The molecule has 0 aliphatic carbocycles. The summed E-state index contributed by atoms with van der Waals surface area (Å²) in [7, 11) is 1.69. The smallest absolute Gasteiger partial charge is 0.130 e. The van der Waals surface area contributed by atoms with Gasteiger partial charge in [0.25, 0.3) is 0 Å². The molecule has 0 saturated carbocycles. The van der Waals surface area contributed by atoms with Crippen LogP contribution in [0.25, 0.3) is 0 Å². The molecule has 1 atom stereocenters. The maximum atomic E-state index is 13.8. The van der Waals surface area contributed by atoms with Crippen molar-refractivity contribution in [3.63, 3.8) is 0 Å². The average Bonchev–Trinajstić information content (AvgIpc) is 2.39. The third kappa shape index (κ3) is 3.31. The minimum Gasteiger partial charge on any atom is -0.313 e. The lowest BCUT2D eigenvalue weighted by molar-refractivity contribution is 0.489. The lowest BCUT2D eigenvalue weighted by atomic mass is 9.98. The molecule has 1 N–H and O–H groups in total. The van der Waals surface area contributed by atoms with Crippen LogP contribution in [0.3, 0.4) is 0 Å². The SMILES string of the molecule is CNC(Cc1ccc(Cl)cc1)c1c(F)cccc1F. The molecule has 0 aliphatic heterocycles. The molecule has 0 bridgehead atoms. The molecule has 0 amide bonds. The van der Waals surface area contributed by atoms with Crippen molar-refractivity contribution >= 4 is 11.6 Å². The second-order valence-electron chi connectivity index (χ2n) is 4.31. The second-order valence-corrected chi connectivity index (χ2v) is 4.74. The van der Waals surface area contributed by atoms with E-state index in [9.17, 15) is 8.78 Å². The maximum Gasteiger partial charge on any atom is 0.130 e. The first kappa shape index (κ1) is 14.0. The Morgan fingerprint density at radius 2 is 1.63 bits per heavy atom. The molecule has 19 heavy (non-hydrogen) atoms. The van der Waals surface area contributed by atoms with Gasteiger partial charge in [-0.25, -0.2) is 8.78 Å². The van der Waals surface area contributed by atoms with E-state index >= 15 is 0 Å². The Balaban J connectivity index is 2.27. The largest absolute Gasteiger partial charge is 0.313 e. The van der Waals surface area contributed by atoms with Gasteiger partial charge in [-0.3, -0.25) is 0 Å². The third-order valence-corrected chi connectivity index (χ3v) is 3.30. The summed E-state index contributed by atoms with van der Waals surface area (Å²) in [4.78, 5) is 0. The number of hydrogen-bond acceptors (Lipinski definition) is 1. The van der Waals surface area contributed by atoms with Crippen molar-refractivity contribution in [3.8, 4) is 0 Å². The first-order valence-corrected chi connectivity index (χ1v) is 6.35. The molecule has 0 fully saturated rings. The normalized spacial score (nSPS) is 12.4. The molecule has 100 valence electrons. The van der Waals surface area contributed by atoms with Crippen LogP contribution in [0, 0.1) is 11.6 Å². The van der Waals surface area contributed by atoms with E-state index in [0.29, 0.717) is 11.4 Å². The van der Waals surface area contributed by atoms with Gasteiger partial charge in [-0.2, -0.15) is 0 Å². The molecule has 0 radical (unpaired) electrons. The number of nitrogens with one attached hydrogen (secondary N) is 1. The van der Waals surface area contributed by atoms with E-state index in [2.05, 4.69) is 5.32 Å². The summed E-state index contributed by atoms with van der Waals surface area (Å²) in [6.45, 7) is 0. The molecule has 1 nitrogen and oxygen atoms in total. The summed E-state index contributed by atoms with van der Waals surface area (Å²) in [5.41, 5.74) is 1.03. The number of rotatable bonds is 4. The second kappa shape index (κ2) is 6.13. The van der Waals surface area contributed by atoms with Crippen molar-refractivity contribution < 1.29 is 8.78 Å². The Morgan fingerprint density at radius 1 is 1.05 bits per heavy atom. The van der Waals surface area contributed by atoms with Gasteiger partial charge in [0.05, 0.1) is 0 Å². The van der Waals surface area contributed by atoms with Crippen LogP contribution in [0.15, 0.2) is 42.5 Å². The summed E-state index contributed by atoms with van der Waals surface area (Å²) in [6, 6.07) is 10.7. The zero-order valence-corrected chi connectivity index (χ0v) is 11.2. The van der Waals surface area contributed by atoms with E-state index in [1.54, 1.807) is 19.2 Å². The molecule has 4 heteroatoms. The predicted octanol–water partition coefficient (Wildman–Crippen LogP) is 4.12. The zero-order valence-electron chi connectivity index (χ0n) is 10.5. The lowest BCUT2D eigenvalue weighted by Gasteiger charge is -2.18. The molecule has 0 aromatic heterocycles. The monoisotopic (exact) mass is 281 g/mol. The molecule has 0 aliphatic rings. The van der Waals surface area contributed by atoms with Crippen LogP contribution in [0.2, 0.25) is 5.02 Å². The van der Waals surface area contributed by atoms with Crippen LogP contribution < -0.4 is 5.32 Å². The minimum atomic E-state index is -0.534. The minimum absolute atomic E-state index is 0.0694. The van der Waals surface area contributed by atoms with E-state index in [-0.39, 0.29) is 5.56 Å². The van der Waals surface area contributed by atoms with Crippen molar-refractivity contribution in [2.75, 3.05) is 7.05 Å². The number of likely N-dealkylation sites (N-methyl/N-ethyl adjacent to an activating group) is 1. The Bertz CT molecular complexity index is 534. The van der Waals surface area contributed by atoms with Gasteiger partial charge in [-0.15, -0.1) is 0 Å². The Kier molecular flexibility index (Phi) is 4.51. The zero-order chi connectivity index (χ0) is 13.8. The predicted molar refractivity (Wildman–Crippen MR) is 73.3 cm³/mol. The fourth-order valence-electron chi connectivity index (χ4n) is 2.05. The van der Waals surface area contributed by atoms with Crippen molar-refractivity contribution in [1.82, 2.24) is 5.32 Å². The topological polar surface area (TPSA) is 12.0 Å². The fraction of sp³-hybridized carbons (Fsp3) is 0.200. The van der Waals surface area contributed by atoms with Crippen molar-refractivity contribution in [2.24, 2.45) is 0 Å². The average molecular weight is 282 g/mol. The van der Waals surface area contributed by atoms with Gasteiger partial charge in [-0.05, 0) is 43.3 Å². The molecular formula is C15H14ClF2N. The number of benzene rings is 2. The van der Waals surface area contributed by atoms with Gasteiger partial charge >= 0.3 is 0 Å². The summed E-state index contributed by atoms with van der Waals surface area (Å²) < 4.78 is 27.5. The van der Waals surface area contributed by atoms with Crippen LogP contribution in [0.1, 0.15) is 17.2 Å². The Morgan fingerprint density at radius 3 is 2.16 bits per heavy atom. The van der Waals surface area contributed by atoms with E-state index in [1.807, 2.05) is 12.1 Å². The fourth-order valence-corrected chi connectivity index (χ4v) is 2.17. The van der Waals surface area contributed by atoms with E-state index in [4.69, 9.17) is 11.6 Å². The maximum absolute atomic E-state index is 13.8. The van der Waals surface area contributed by atoms with Crippen molar-refractivity contribution in [1.29, 1.82) is 0 Å². The van der Waals surface area contributed by atoms with Crippen LogP contribution in [0.4, 0.5) is 8.78 Å². The van der Waals surface area contributed by atoms with Gasteiger partial charge in [0.2, 0.25) is 0 Å². The standard InChI is InChI=1S/C15H14ClF2N/c1-19-14(9-10-5-7-11(16)8-6-10)15-12(17)3-2-4-13(15)18/h2-8,14,19H,9H2,1H3. The van der Waals surface area contributed by atoms with Crippen molar-refractivity contribution in [3.05, 3.63) is 70.2 Å². The third-order valence-electron chi connectivity index (χ3n) is 3.05. The quantitative estimate of drug-likeness (QED) is 0.889. The van der Waals surface area contributed by atoms with Gasteiger partial charge in [0.15, 0.2) is 0 Å². The highest BCUT2D eigenvalue weighted by molar-refractivity contribution is 6.30. The molecule has 2 rings (SSSR count). The molecular weight excluding hydrogens is 268 g/mol. The summed E-state index contributed by atoms with van der Waals surface area (Å²) in [5, 5.41) is 3.59. The molecule has 2 aromatic carbocycles. The molecule has 0 heterocycles.